The molecule has 0 saturated heterocycles. The Morgan fingerprint density at radius 3 is 2.73 bits per heavy atom. The van der Waals surface area contributed by atoms with Crippen LogP contribution in [0.15, 0.2) is 36.4 Å². The maximum absolute atomic E-state index is 11.7. The second-order valence-corrected chi connectivity index (χ2v) is 7.43. The van der Waals surface area contributed by atoms with Crippen molar-refractivity contribution in [1.82, 2.24) is 9.97 Å². The number of anilines is 2. The van der Waals surface area contributed by atoms with Gasteiger partial charge in [0.2, 0.25) is 0 Å². The maximum atomic E-state index is 11.7. The fourth-order valence-corrected chi connectivity index (χ4v) is 4.41. The molecule has 0 aliphatic carbocycles. The highest BCUT2D eigenvalue weighted by Crippen LogP contribution is 2.35. The summed E-state index contributed by atoms with van der Waals surface area (Å²) in [7, 11) is 1.37. The molecule has 0 bridgehead atoms. The average molecular weight is 385 g/mol. The van der Waals surface area contributed by atoms with Crippen LogP contribution >= 0.6 is 22.7 Å². The van der Waals surface area contributed by atoms with Gasteiger partial charge in [-0.3, -0.25) is 0 Å². The van der Waals surface area contributed by atoms with Crippen molar-refractivity contribution < 1.29 is 14.3 Å². The number of carbonyl (C=O) groups is 1. The van der Waals surface area contributed by atoms with Gasteiger partial charge in [0.1, 0.15) is 11.3 Å². The number of ether oxygens (including phenoxy) is 2. The lowest BCUT2D eigenvalue weighted by Crippen LogP contribution is -1.99. The predicted octanol–water partition coefficient (Wildman–Crippen LogP) is 4.83. The number of benzene rings is 2. The first-order valence-corrected chi connectivity index (χ1v) is 9.59. The zero-order valence-electron chi connectivity index (χ0n) is 14.1. The molecule has 0 unspecified atom stereocenters. The number of rotatable bonds is 5. The third kappa shape index (κ3) is 3.09. The van der Waals surface area contributed by atoms with E-state index in [4.69, 9.17) is 9.47 Å². The molecule has 8 heteroatoms. The number of nitrogens with one attached hydrogen (secondary N) is 1. The van der Waals surface area contributed by atoms with Crippen molar-refractivity contribution >= 4 is 59.3 Å². The van der Waals surface area contributed by atoms with E-state index >= 15 is 0 Å². The molecule has 0 saturated carbocycles. The van der Waals surface area contributed by atoms with Gasteiger partial charge in [0, 0.05) is 0 Å². The number of methoxy groups -OCH3 is 1. The van der Waals surface area contributed by atoms with E-state index in [0.29, 0.717) is 12.2 Å². The number of para-hydroxylation sites is 1. The molecule has 0 radical (unpaired) electrons. The first kappa shape index (κ1) is 16.7. The van der Waals surface area contributed by atoms with E-state index in [0.717, 1.165) is 36.4 Å². The fourth-order valence-electron chi connectivity index (χ4n) is 2.56. The monoisotopic (exact) mass is 385 g/mol. The minimum atomic E-state index is -0.357. The molecule has 2 aromatic heterocycles. The van der Waals surface area contributed by atoms with E-state index in [-0.39, 0.29) is 5.97 Å². The molecule has 0 atom stereocenters. The summed E-state index contributed by atoms with van der Waals surface area (Å²) in [5, 5.41) is 4.73. The van der Waals surface area contributed by atoms with Crippen LogP contribution in [0.2, 0.25) is 0 Å². The molecular formula is C18H15N3O3S2. The topological polar surface area (TPSA) is 73.3 Å². The Morgan fingerprint density at radius 1 is 1.12 bits per heavy atom. The molecule has 132 valence electrons. The molecule has 2 heterocycles. The lowest BCUT2D eigenvalue weighted by atomic mass is 10.2. The minimum absolute atomic E-state index is 0.357. The first-order valence-electron chi connectivity index (χ1n) is 7.96. The summed E-state index contributed by atoms with van der Waals surface area (Å²) in [5.41, 5.74) is 2.17. The van der Waals surface area contributed by atoms with Crippen molar-refractivity contribution in [2.24, 2.45) is 0 Å². The standard InChI is InChI=1S/C18H15N3O3S2/c1-3-24-12-5-4-6-13-15(12)20-18(25-13)21-17-19-11-8-7-10(16(22)23-2)9-14(11)26-17/h4-9H,3H2,1-2H3,(H,19,20,21). The smallest absolute Gasteiger partial charge is 0.337 e. The molecule has 0 fully saturated rings. The van der Waals surface area contributed by atoms with Gasteiger partial charge in [0.15, 0.2) is 10.3 Å². The van der Waals surface area contributed by atoms with Gasteiger partial charge in [-0.1, -0.05) is 28.7 Å². The van der Waals surface area contributed by atoms with E-state index in [1.165, 1.54) is 18.4 Å². The predicted molar refractivity (Wildman–Crippen MR) is 105 cm³/mol. The molecule has 4 aromatic rings. The van der Waals surface area contributed by atoms with Crippen molar-refractivity contribution in [3.8, 4) is 5.75 Å². The van der Waals surface area contributed by atoms with E-state index in [2.05, 4.69) is 15.3 Å². The molecule has 0 aliphatic heterocycles. The summed E-state index contributed by atoms with van der Waals surface area (Å²) in [4.78, 5) is 20.9. The van der Waals surface area contributed by atoms with Gasteiger partial charge in [-0.25, -0.2) is 14.8 Å². The summed E-state index contributed by atoms with van der Waals surface area (Å²) in [5.74, 6) is 0.422. The third-order valence-corrected chi connectivity index (χ3v) is 5.57. The Bertz CT molecular complexity index is 1100. The van der Waals surface area contributed by atoms with Crippen LogP contribution in [0.5, 0.6) is 5.75 Å². The number of fused-ring (bicyclic) bond motifs is 2. The summed E-state index contributed by atoms with van der Waals surface area (Å²) in [6.45, 7) is 2.55. The summed E-state index contributed by atoms with van der Waals surface area (Å²) in [6.07, 6.45) is 0. The van der Waals surface area contributed by atoms with Crippen LogP contribution in [0.3, 0.4) is 0 Å². The van der Waals surface area contributed by atoms with Crippen molar-refractivity contribution in [2.75, 3.05) is 19.0 Å². The molecule has 0 spiro atoms. The lowest BCUT2D eigenvalue weighted by Gasteiger charge is -2.01. The highest BCUT2D eigenvalue weighted by molar-refractivity contribution is 7.24. The van der Waals surface area contributed by atoms with Crippen molar-refractivity contribution in [2.45, 2.75) is 6.92 Å². The van der Waals surface area contributed by atoms with Crippen molar-refractivity contribution in [3.63, 3.8) is 0 Å². The van der Waals surface area contributed by atoms with Crippen LogP contribution < -0.4 is 10.1 Å². The largest absolute Gasteiger partial charge is 0.492 e. The number of hydrogen-bond donors (Lipinski definition) is 1. The Morgan fingerprint density at radius 2 is 1.92 bits per heavy atom. The quantitative estimate of drug-likeness (QED) is 0.496. The molecule has 1 N–H and O–H groups in total. The molecular weight excluding hydrogens is 370 g/mol. The summed E-state index contributed by atoms with van der Waals surface area (Å²) < 4.78 is 12.4. The second-order valence-electron chi connectivity index (χ2n) is 5.37. The molecule has 0 amide bonds. The zero-order valence-corrected chi connectivity index (χ0v) is 15.7. The Labute approximate surface area is 157 Å². The SMILES string of the molecule is CCOc1cccc2sc(Nc3nc4ccc(C(=O)OC)cc4s3)nc12. The van der Waals surface area contributed by atoms with Crippen LogP contribution in [-0.4, -0.2) is 29.7 Å². The van der Waals surface area contributed by atoms with Crippen LogP contribution in [0.1, 0.15) is 17.3 Å². The Balaban J connectivity index is 1.65. The zero-order chi connectivity index (χ0) is 18.1. The highest BCUT2D eigenvalue weighted by atomic mass is 32.1. The summed E-state index contributed by atoms with van der Waals surface area (Å²) >= 11 is 3.01. The summed E-state index contributed by atoms with van der Waals surface area (Å²) in [6, 6.07) is 11.2. The molecule has 26 heavy (non-hydrogen) atoms. The fraction of sp³-hybridized carbons (Fsp3) is 0.167. The van der Waals surface area contributed by atoms with Crippen LogP contribution in [0.25, 0.3) is 20.4 Å². The van der Waals surface area contributed by atoms with E-state index in [1.54, 1.807) is 23.5 Å². The second kappa shape index (κ2) is 6.89. The van der Waals surface area contributed by atoms with Gasteiger partial charge < -0.3 is 14.8 Å². The molecule has 2 aromatic carbocycles. The number of aromatic nitrogens is 2. The van der Waals surface area contributed by atoms with Gasteiger partial charge in [0.25, 0.3) is 0 Å². The lowest BCUT2D eigenvalue weighted by molar-refractivity contribution is 0.0601. The minimum Gasteiger partial charge on any atom is -0.492 e. The third-order valence-electron chi connectivity index (χ3n) is 3.71. The normalized spacial score (nSPS) is 11.0. The van der Waals surface area contributed by atoms with Gasteiger partial charge >= 0.3 is 5.97 Å². The van der Waals surface area contributed by atoms with E-state index < -0.39 is 0 Å². The molecule has 0 aliphatic rings. The van der Waals surface area contributed by atoms with Crippen molar-refractivity contribution in [3.05, 3.63) is 42.0 Å². The Kier molecular flexibility index (Phi) is 4.44. The first-order chi connectivity index (χ1) is 12.7. The maximum Gasteiger partial charge on any atom is 0.337 e. The van der Waals surface area contributed by atoms with Crippen LogP contribution in [0, 0.1) is 0 Å². The number of esters is 1. The van der Waals surface area contributed by atoms with Gasteiger partial charge in [-0.2, -0.15) is 0 Å². The molecule has 6 nitrogen and oxygen atoms in total. The van der Waals surface area contributed by atoms with E-state index in [9.17, 15) is 4.79 Å². The number of nitrogens with zero attached hydrogens (tertiary/aromatic N) is 2. The Hall–Kier alpha value is -2.71. The number of hydrogen-bond acceptors (Lipinski definition) is 8. The average Bonchev–Trinajstić information content (AvgIpc) is 3.24. The number of carbonyl (C=O) groups excluding carboxylic acids is 1. The van der Waals surface area contributed by atoms with Crippen molar-refractivity contribution in [1.29, 1.82) is 0 Å². The van der Waals surface area contributed by atoms with Crippen LogP contribution in [-0.2, 0) is 4.74 Å². The van der Waals surface area contributed by atoms with Gasteiger partial charge in [-0.15, -0.1) is 0 Å². The molecule has 4 rings (SSSR count). The van der Waals surface area contributed by atoms with E-state index in [1.807, 2.05) is 31.2 Å². The van der Waals surface area contributed by atoms with Gasteiger partial charge in [0.05, 0.1) is 34.2 Å². The number of thiazole rings is 2. The van der Waals surface area contributed by atoms with Crippen LogP contribution in [0.4, 0.5) is 10.3 Å². The van der Waals surface area contributed by atoms with Gasteiger partial charge in [-0.05, 0) is 37.3 Å². The highest BCUT2D eigenvalue weighted by Gasteiger charge is 2.12.